The van der Waals surface area contributed by atoms with E-state index in [1.807, 2.05) is 49.0 Å². The van der Waals surface area contributed by atoms with Gasteiger partial charge in [0, 0.05) is 30.2 Å². The second-order valence-electron chi connectivity index (χ2n) is 4.75. The van der Waals surface area contributed by atoms with Crippen molar-refractivity contribution in [3.63, 3.8) is 0 Å². The molecule has 134 valence electrons. The summed E-state index contributed by atoms with van der Waals surface area (Å²) < 4.78 is 19.2. The van der Waals surface area contributed by atoms with Gasteiger partial charge in [-0.3, -0.25) is 9.20 Å². The van der Waals surface area contributed by atoms with Gasteiger partial charge in [0.05, 0.1) is 19.0 Å². The van der Waals surface area contributed by atoms with Gasteiger partial charge in [0.2, 0.25) is 0 Å². The number of thiol groups is 1. The smallest absolute Gasteiger partial charge is 0.150 e. The van der Waals surface area contributed by atoms with Crippen LogP contribution >= 0.6 is 12.9 Å². The van der Waals surface area contributed by atoms with Crippen molar-refractivity contribution in [1.29, 1.82) is 0 Å². The Morgan fingerprint density at radius 3 is 2.36 bits per heavy atom. The molecule has 3 aromatic rings. The maximum atomic E-state index is 10.7. The van der Waals surface area contributed by atoms with Gasteiger partial charge in [-0.1, -0.05) is 0 Å². The van der Waals surface area contributed by atoms with Crippen molar-refractivity contribution in [2.45, 2.75) is 0 Å². The molecule has 8 heteroatoms. The number of ether oxygens (including phenoxy) is 1. The topological polar surface area (TPSA) is 64.9 Å². The van der Waals surface area contributed by atoms with Crippen LogP contribution in [0.3, 0.4) is 0 Å². The third kappa shape index (κ3) is 5.86. The molecule has 1 N–H and O–H groups in total. The highest BCUT2D eigenvalue weighted by Crippen LogP contribution is 2.23. The summed E-state index contributed by atoms with van der Waals surface area (Å²) in [5.41, 5.74) is 3.41. The van der Waals surface area contributed by atoms with Crippen LogP contribution in [-0.4, -0.2) is 36.9 Å². The summed E-state index contributed by atoms with van der Waals surface area (Å²) in [6, 6.07) is 11.3. The second-order valence-corrected chi connectivity index (χ2v) is 4.89. The largest absolute Gasteiger partial charge is 0.497 e. The SMILES string of the molecule is CNC.COc1ccc(-c2cnc3cc(C=O)ccn23)cc1.FOS. The first kappa shape index (κ1) is 20.6. The molecule has 0 bridgehead atoms. The Morgan fingerprint density at radius 1 is 1.24 bits per heavy atom. The van der Waals surface area contributed by atoms with Crippen LogP contribution in [0.1, 0.15) is 10.4 Å². The molecular formula is C17H20FN3O3S. The molecule has 25 heavy (non-hydrogen) atoms. The van der Waals surface area contributed by atoms with Crippen molar-refractivity contribution >= 4 is 24.8 Å². The number of hydrogen-bond acceptors (Lipinski definition) is 6. The zero-order chi connectivity index (χ0) is 18.7. The maximum absolute atomic E-state index is 10.7. The number of pyridine rings is 1. The number of nitrogens with zero attached hydrogens (tertiary/aromatic N) is 2. The summed E-state index contributed by atoms with van der Waals surface area (Å²) in [5.74, 6) is 0.820. The number of benzene rings is 1. The van der Waals surface area contributed by atoms with Crippen molar-refractivity contribution in [1.82, 2.24) is 14.7 Å². The molecule has 0 aliphatic heterocycles. The van der Waals surface area contributed by atoms with Crippen LogP contribution in [0.4, 0.5) is 4.53 Å². The molecule has 0 amide bonds. The fourth-order valence-corrected chi connectivity index (χ4v) is 2.05. The van der Waals surface area contributed by atoms with E-state index >= 15 is 0 Å². The minimum absolute atomic E-state index is 0.624. The van der Waals surface area contributed by atoms with Gasteiger partial charge in [-0.15, -0.1) is 4.39 Å². The third-order valence-corrected chi connectivity index (χ3v) is 3.06. The van der Waals surface area contributed by atoms with E-state index < -0.39 is 0 Å². The van der Waals surface area contributed by atoms with Crippen LogP contribution in [0, 0.1) is 0 Å². The van der Waals surface area contributed by atoms with Crippen LogP contribution in [0.5, 0.6) is 5.75 Å². The molecule has 0 saturated heterocycles. The molecule has 6 nitrogen and oxygen atoms in total. The van der Waals surface area contributed by atoms with Gasteiger partial charge in [-0.05, 0) is 55.0 Å². The van der Waals surface area contributed by atoms with Crippen molar-refractivity contribution in [2.24, 2.45) is 0 Å². The highest BCUT2D eigenvalue weighted by atomic mass is 32.1. The van der Waals surface area contributed by atoms with Crippen molar-refractivity contribution in [3.05, 3.63) is 54.4 Å². The maximum Gasteiger partial charge on any atom is 0.150 e. The quantitative estimate of drug-likeness (QED) is 0.423. The van der Waals surface area contributed by atoms with Crippen molar-refractivity contribution in [3.8, 4) is 17.0 Å². The Morgan fingerprint density at radius 2 is 1.84 bits per heavy atom. The normalized spacial score (nSPS) is 9.48. The van der Waals surface area contributed by atoms with Crippen LogP contribution < -0.4 is 10.1 Å². The number of methoxy groups -OCH3 is 1. The summed E-state index contributed by atoms with van der Waals surface area (Å²) in [5, 5.41) is 2.75. The lowest BCUT2D eigenvalue weighted by Gasteiger charge is -2.04. The fraction of sp³-hybridized carbons (Fsp3) is 0.176. The molecule has 0 aliphatic rings. The van der Waals surface area contributed by atoms with Crippen LogP contribution in [0.2, 0.25) is 0 Å². The highest BCUT2D eigenvalue weighted by Gasteiger charge is 2.06. The average Bonchev–Trinajstić information content (AvgIpc) is 3.06. The Labute approximate surface area is 151 Å². The van der Waals surface area contributed by atoms with Gasteiger partial charge < -0.3 is 10.1 Å². The number of aromatic nitrogens is 2. The van der Waals surface area contributed by atoms with Crippen LogP contribution in [0.25, 0.3) is 16.9 Å². The molecule has 0 saturated carbocycles. The zero-order valence-electron chi connectivity index (χ0n) is 14.1. The average molecular weight is 365 g/mol. The monoisotopic (exact) mass is 365 g/mol. The van der Waals surface area contributed by atoms with Crippen molar-refractivity contribution < 1.29 is 18.4 Å². The Balaban J connectivity index is 0.000000460. The van der Waals surface area contributed by atoms with E-state index in [9.17, 15) is 9.32 Å². The Bertz CT molecular complexity index is 776. The minimum Gasteiger partial charge on any atom is -0.497 e. The molecule has 2 aromatic heterocycles. The highest BCUT2D eigenvalue weighted by molar-refractivity contribution is 7.74. The lowest BCUT2D eigenvalue weighted by Crippen LogP contribution is -1.90. The number of rotatable bonds is 3. The van der Waals surface area contributed by atoms with Gasteiger partial charge in [0.25, 0.3) is 0 Å². The molecule has 0 aliphatic carbocycles. The van der Waals surface area contributed by atoms with Crippen LogP contribution in [0.15, 0.2) is 48.8 Å². The lowest BCUT2D eigenvalue weighted by atomic mass is 10.1. The molecule has 2 heterocycles. The van der Waals surface area contributed by atoms with E-state index in [1.165, 1.54) is 0 Å². The summed E-state index contributed by atoms with van der Waals surface area (Å²) >= 11 is 2.62. The number of carbonyl (C=O) groups is 1. The zero-order valence-corrected chi connectivity index (χ0v) is 15.0. The molecule has 3 rings (SSSR count). The molecule has 1 aromatic carbocycles. The summed E-state index contributed by atoms with van der Waals surface area (Å²) in [7, 11) is 5.39. The van der Waals surface area contributed by atoms with Gasteiger partial charge >= 0.3 is 0 Å². The van der Waals surface area contributed by atoms with E-state index in [2.05, 4.69) is 27.6 Å². The third-order valence-electron chi connectivity index (χ3n) is 3.06. The van der Waals surface area contributed by atoms with E-state index in [1.54, 1.807) is 25.4 Å². The predicted molar refractivity (Wildman–Crippen MR) is 98.7 cm³/mol. The number of aldehydes is 1. The minimum atomic E-state index is 0.624. The first-order valence-electron chi connectivity index (χ1n) is 7.22. The predicted octanol–water partition coefficient (Wildman–Crippen LogP) is 3.39. The van der Waals surface area contributed by atoms with Gasteiger partial charge in [-0.2, -0.15) is 0 Å². The second kappa shape index (κ2) is 11.2. The lowest BCUT2D eigenvalue weighted by molar-refractivity contribution is 0.0275. The number of fused-ring (bicyclic) bond motifs is 1. The van der Waals surface area contributed by atoms with Crippen molar-refractivity contribution in [2.75, 3.05) is 21.2 Å². The number of carbonyl (C=O) groups excluding carboxylic acids is 1. The van der Waals surface area contributed by atoms with Gasteiger partial charge in [0.15, 0.2) is 0 Å². The molecule has 0 unspecified atom stereocenters. The molecule has 0 fully saturated rings. The Kier molecular flexibility index (Phi) is 9.23. The van der Waals surface area contributed by atoms with E-state index in [-0.39, 0.29) is 0 Å². The van der Waals surface area contributed by atoms with E-state index in [4.69, 9.17) is 4.74 Å². The van der Waals surface area contributed by atoms with E-state index in [0.717, 1.165) is 28.9 Å². The number of nitrogens with one attached hydrogen (secondary N) is 1. The Hall–Kier alpha value is -2.42. The van der Waals surface area contributed by atoms with Gasteiger partial charge in [-0.25, -0.2) is 4.98 Å². The fourth-order valence-electron chi connectivity index (χ4n) is 2.05. The molecule has 0 spiro atoms. The van der Waals surface area contributed by atoms with E-state index in [0.29, 0.717) is 5.56 Å². The molecule has 0 radical (unpaired) electrons. The number of imidazole rings is 1. The van der Waals surface area contributed by atoms with Gasteiger partial charge in [0.1, 0.15) is 17.7 Å². The first-order chi connectivity index (χ1) is 12.1. The summed E-state index contributed by atoms with van der Waals surface area (Å²) in [6.07, 6.45) is 4.47. The number of hydrogen-bond donors (Lipinski definition) is 2. The first-order valence-corrected chi connectivity index (χ1v) is 7.59. The number of halogens is 1. The standard InChI is InChI=1S/C15H12N2O2.C2H7N.FHOS/c1-19-13-4-2-12(3-5-13)14-9-16-15-8-11(10-18)6-7-17(14)15;1-3-2;1-2-3/h2-10H,1H3;3H,1-2H3;3H. The summed E-state index contributed by atoms with van der Waals surface area (Å²) in [6.45, 7) is 0. The molecule has 0 atom stereocenters. The van der Waals surface area contributed by atoms with Crippen LogP contribution in [-0.2, 0) is 4.39 Å². The summed E-state index contributed by atoms with van der Waals surface area (Å²) in [4.78, 5) is 15.1. The molecular weight excluding hydrogens is 345 g/mol.